The average molecular weight is 770 g/mol. The van der Waals surface area contributed by atoms with Crippen LogP contribution in [0.4, 0.5) is 0 Å². The molecule has 5 rings (SSSR count). The van der Waals surface area contributed by atoms with Crippen molar-refractivity contribution in [1.29, 1.82) is 0 Å². The third-order valence-corrected chi connectivity index (χ3v) is 14.1. The second-order valence-electron chi connectivity index (χ2n) is 17.2. The van der Waals surface area contributed by atoms with Crippen molar-refractivity contribution in [2.24, 2.45) is 22.2 Å². The highest BCUT2D eigenvalue weighted by molar-refractivity contribution is 5.95. The molecule has 0 radical (unpaired) electrons. The van der Waals surface area contributed by atoms with Crippen LogP contribution in [0.5, 0.6) is 0 Å². The number of Topliss-reactive ketones (excluding diaryl/α,β-unsaturated/α-hetero) is 1. The Hall–Kier alpha value is -3.65. The number of hydrogen-bond donors (Lipinski definition) is 3. The van der Waals surface area contributed by atoms with Crippen molar-refractivity contribution in [2.75, 3.05) is 13.7 Å². The fraction of sp³-hybridized carbons (Fsp3) is 0.690. The number of benzene rings is 1. The van der Waals surface area contributed by atoms with Crippen LogP contribution in [0.1, 0.15) is 112 Å². The Labute approximate surface area is 323 Å². The molecule has 13 heteroatoms. The monoisotopic (exact) mass is 769 g/mol. The van der Waals surface area contributed by atoms with Crippen molar-refractivity contribution in [1.82, 2.24) is 5.32 Å². The Morgan fingerprint density at radius 3 is 2.15 bits per heavy atom. The van der Waals surface area contributed by atoms with Crippen LogP contribution in [0.25, 0.3) is 0 Å². The van der Waals surface area contributed by atoms with E-state index in [-0.39, 0.29) is 30.6 Å². The van der Waals surface area contributed by atoms with Gasteiger partial charge in [-0.05, 0) is 70.9 Å². The molecular weight excluding hydrogens is 710 g/mol. The number of ether oxygens (including phenoxy) is 5. The molecule has 2 bridgehead atoms. The highest BCUT2D eigenvalue weighted by Crippen LogP contribution is 2.64. The number of nitrogens with one attached hydrogen (secondary N) is 1. The third-order valence-electron chi connectivity index (χ3n) is 14.1. The van der Waals surface area contributed by atoms with E-state index >= 15 is 4.79 Å². The Balaban J connectivity index is 1.82. The molecule has 1 heterocycles. The lowest BCUT2D eigenvalue weighted by atomic mass is 9.44. The highest BCUT2D eigenvalue weighted by Gasteiger charge is 2.78. The largest absolute Gasteiger partial charge is 0.457 e. The molecular formula is C42H59NO12. The molecule has 1 aromatic carbocycles. The molecule has 1 aromatic rings. The summed E-state index contributed by atoms with van der Waals surface area (Å²) in [6, 6.07) is 8.09. The van der Waals surface area contributed by atoms with Crippen LogP contribution >= 0.6 is 0 Å². The van der Waals surface area contributed by atoms with Gasteiger partial charge in [-0.2, -0.15) is 0 Å². The zero-order valence-electron chi connectivity index (χ0n) is 34.1. The maximum absolute atomic E-state index is 15.4. The second-order valence-corrected chi connectivity index (χ2v) is 17.2. The van der Waals surface area contributed by atoms with E-state index in [1.165, 1.54) is 26.0 Å². The molecule has 0 amide bonds. The van der Waals surface area contributed by atoms with Gasteiger partial charge in [0.05, 0.1) is 35.0 Å². The topological polar surface area (TPSA) is 184 Å². The third kappa shape index (κ3) is 6.33. The normalized spacial score (nSPS) is 35.9. The SMILES string of the molecule is CCCC(C)(NC)C(C)(CC)C(=O)OC1C[C@@]2(O)C(OC(=O)c3ccccc3)C3[C@](C)(C(=O)[C@H](OC(C)=O)C(=C1C)C2(C)C)[C@@H](O)C[C@H]1OC[C@@]31OC(C)=O. The molecule has 1 saturated heterocycles. The van der Waals surface area contributed by atoms with Crippen molar-refractivity contribution in [3.63, 3.8) is 0 Å². The van der Waals surface area contributed by atoms with Crippen LogP contribution in [0.15, 0.2) is 41.5 Å². The van der Waals surface area contributed by atoms with E-state index in [4.69, 9.17) is 23.7 Å². The summed E-state index contributed by atoms with van der Waals surface area (Å²) in [5.41, 5.74) is -8.45. The van der Waals surface area contributed by atoms with Gasteiger partial charge < -0.3 is 39.2 Å². The second kappa shape index (κ2) is 14.7. The van der Waals surface area contributed by atoms with Gasteiger partial charge in [-0.1, -0.05) is 52.3 Å². The molecule has 3 aliphatic carbocycles. The summed E-state index contributed by atoms with van der Waals surface area (Å²) in [4.78, 5) is 70.1. The summed E-state index contributed by atoms with van der Waals surface area (Å²) in [5.74, 6) is -5.12. The van der Waals surface area contributed by atoms with Crippen molar-refractivity contribution < 1.29 is 57.9 Å². The van der Waals surface area contributed by atoms with E-state index in [9.17, 15) is 29.4 Å². The first kappa shape index (κ1) is 42.5. The van der Waals surface area contributed by atoms with E-state index in [0.29, 0.717) is 18.4 Å². The van der Waals surface area contributed by atoms with Crippen LogP contribution in [0.2, 0.25) is 0 Å². The van der Waals surface area contributed by atoms with E-state index in [2.05, 4.69) is 5.32 Å². The first-order chi connectivity index (χ1) is 25.6. The molecule has 2 saturated carbocycles. The summed E-state index contributed by atoms with van der Waals surface area (Å²) in [5, 5.41) is 29.0. The van der Waals surface area contributed by atoms with Gasteiger partial charge in [-0.25, -0.2) is 4.79 Å². The molecule has 11 atom stereocenters. The van der Waals surface area contributed by atoms with Crippen molar-refractivity contribution in [2.45, 2.75) is 149 Å². The van der Waals surface area contributed by atoms with Crippen LogP contribution in [-0.2, 0) is 42.9 Å². The van der Waals surface area contributed by atoms with Gasteiger partial charge in [0, 0.05) is 37.6 Å². The molecule has 0 aromatic heterocycles. The zero-order chi connectivity index (χ0) is 41.1. The van der Waals surface area contributed by atoms with Crippen LogP contribution in [-0.4, -0.2) is 101 Å². The molecule has 3 fully saturated rings. The number of carbonyl (C=O) groups excluding carboxylic acids is 5. The Morgan fingerprint density at radius 1 is 1.00 bits per heavy atom. The first-order valence-electron chi connectivity index (χ1n) is 19.4. The van der Waals surface area contributed by atoms with Gasteiger partial charge in [0.25, 0.3) is 0 Å². The lowest BCUT2D eigenvalue weighted by Gasteiger charge is -2.67. The maximum atomic E-state index is 15.4. The van der Waals surface area contributed by atoms with Gasteiger partial charge in [0.1, 0.15) is 23.9 Å². The fourth-order valence-corrected chi connectivity index (χ4v) is 10.2. The van der Waals surface area contributed by atoms with E-state index < -0.39 is 99.1 Å². The number of aliphatic hydroxyl groups excluding tert-OH is 1. The molecule has 0 spiro atoms. The van der Waals surface area contributed by atoms with Crippen LogP contribution in [0.3, 0.4) is 0 Å². The number of esters is 4. The predicted octanol–water partition coefficient (Wildman–Crippen LogP) is 4.40. The summed E-state index contributed by atoms with van der Waals surface area (Å²) in [6.07, 6.45) is -5.64. The molecule has 304 valence electrons. The molecule has 5 unspecified atom stereocenters. The van der Waals surface area contributed by atoms with Crippen LogP contribution in [0, 0.1) is 22.2 Å². The Morgan fingerprint density at radius 2 is 1.64 bits per heavy atom. The van der Waals surface area contributed by atoms with Gasteiger partial charge in [0.2, 0.25) is 0 Å². The minimum absolute atomic E-state index is 0.141. The van der Waals surface area contributed by atoms with Gasteiger partial charge in [-0.3, -0.25) is 19.2 Å². The summed E-state index contributed by atoms with van der Waals surface area (Å²) >= 11 is 0. The molecule has 4 aliphatic rings. The summed E-state index contributed by atoms with van der Waals surface area (Å²) in [7, 11) is 1.79. The summed E-state index contributed by atoms with van der Waals surface area (Å²) < 4.78 is 30.8. The Bertz CT molecular complexity index is 1740. The lowest BCUT2D eigenvalue weighted by Crippen LogP contribution is -2.82. The van der Waals surface area contributed by atoms with Crippen molar-refractivity contribution in [3.05, 3.63) is 47.0 Å². The standard InChI is InChI=1S/C42H59NO12/c1-12-19-39(9,43-11)38(8,13-2)36(49)53-27-21-42(50)34(54-35(48)26-17-15-14-16-18-26)32-40(10,28(46)20-29-41(32,22-51-29)55-25(5)45)33(47)31(52-24(4)44)30(23(27)3)37(42,6)7/h14-18,27-29,31-32,34,43,46,50H,12-13,19-22H2,1-11H3/t27?,28-,29+,31+,32?,34?,38?,39?,40+,41-,42+/m0/s1. The Kier molecular flexibility index (Phi) is 11.4. The number of ketones is 1. The van der Waals surface area contributed by atoms with Gasteiger partial charge in [0.15, 0.2) is 17.5 Å². The van der Waals surface area contributed by atoms with E-state index in [0.717, 1.165) is 13.3 Å². The van der Waals surface area contributed by atoms with Gasteiger partial charge >= 0.3 is 23.9 Å². The molecule has 55 heavy (non-hydrogen) atoms. The fourth-order valence-electron chi connectivity index (χ4n) is 10.2. The maximum Gasteiger partial charge on any atom is 0.338 e. The average Bonchev–Trinajstić information content (AvgIpc) is 3.12. The summed E-state index contributed by atoms with van der Waals surface area (Å²) in [6.45, 7) is 16.3. The molecule has 3 N–H and O–H groups in total. The van der Waals surface area contributed by atoms with Crippen LogP contribution < -0.4 is 5.32 Å². The number of fused-ring (bicyclic) bond motifs is 5. The van der Waals surface area contributed by atoms with Gasteiger partial charge in [-0.15, -0.1) is 0 Å². The van der Waals surface area contributed by atoms with E-state index in [1.807, 2.05) is 27.7 Å². The molecule has 1 aliphatic heterocycles. The quantitative estimate of drug-likeness (QED) is 0.164. The van der Waals surface area contributed by atoms with Crippen molar-refractivity contribution >= 4 is 29.7 Å². The highest BCUT2D eigenvalue weighted by atomic mass is 16.6. The number of aliphatic hydroxyl groups is 2. The number of carbonyl (C=O) groups is 5. The van der Waals surface area contributed by atoms with E-state index in [1.54, 1.807) is 46.0 Å². The number of hydrogen-bond acceptors (Lipinski definition) is 13. The lowest BCUT2D eigenvalue weighted by molar-refractivity contribution is -0.346. The minimum atomic E-state index is -2.22. The zero-order valence-corrected chi connectivity index (χ0v) is 34.1. The predicted molar refractivity (Wildman–Crippen MR) is 199 cm³/mol. The smallest absolute Gasteiger partial charge is 0.338 e. The first-order valence-corrected chi connectivity index (χ1v) is 19.4. The molecule has 13 nitrogen and oxygen atoms in total. The minimum Gasteiger partial charge on any atom is -0.457 e. The van der Waals surface area contributed by atoms with Crippen molar-refractivity contribution in [3.8, 4) is 0 Å². The number of rotatable bonds is 11.